The van der Waals surface area contributed by atoms with E-state index >= 15 is 0 Å². The molecule has 1 N–H and O–H groups in total. The summed E-state index contributed by atoms with van der Waals surface area (Å²) in [6.45, 7) is 1.30. The van der Waals surface area contributed by atoms with Gasteiger partial charge in [0.2, 0.25) is 11.8 Å². The monoisotopic (exact) mass is 436 g/mol. The van der Waals surface area contributed by atoms with Crippen LogP contribution in [-0.4, -0.2) is 48.1 Å². The van der Waals surface area contributed by atoms with E-state index in [-0.39, 0.29) is 41.7 Å². The Balaban J connectivity index is 1.37. The highest BCUT2D eigenvalue weighted by Crippen LogP contribution is 2.33. The van der Waals surface area contributed by atoms with Crippen molar-refractivity contribution in [3.63, 3.8) is 0 Å². The second kappa shape index (κ2) is 9.02. The zero-order valence-electron chi connectivity index (χ0n) is 18.1. The van der Waals surface area contributed by atoms with Gasteiger partial charge in [-0.2, -0.15) is 0 Å². The maximum absolute atomic E-state index is 13.7. The molecule has 3 aliphatic rings. The molecular formula is C26H29FN2O3. The molecule has 0 radical (unpaired) electrons. The molecule has 5 nitrogen and oxygen atoms in total. The van der Waals surface area contributed by atoms with Crippen LogP contribution < -0.4 is 5.32 Å². The average molecular weight is 437 g/mol. The fourth-order valence-electron chi connectivity index (χ4n) is 4.94. The molecule has 3 atom stereocenters. The van der Waals surface area contributed by atoms with Gasteiger partial charge in [0, 0.05) is 18.9 Å². The van der Waals surface area contributed by atoms with Crippen molar-refractivity contribution in [1.82, 2.24) is 10.2 Å². The van der Waals surface area contributed by atoms with Crippen molar-refractivity contribution in [3.8, 4) is 11.1 Å². The van der Waals surface area contributed by atoms with Gasteiger partial charge in [-0.05, 0) is 54.5 Å². The van der Waals surface area contributed by atoms with Crippen LogP contribution in [0.4, 0.5) is 4.39 Å². The number of carbonyl (C=O) groups excluding carboxylic acids is 2. The van der Waals surface area contributed by atoms with Crippen LogP contribution in [0.2, 0.25) is 0 Å². The van der Waals surface area contributed by atoms with Crippen LogP contribution in [0.25, 0.3) is 11.1 Å². The third-order valence-corrected chi connectivity index (χ3v) is 7.13. The summed E-state index contributed by atoms with van der Waals surface area (Å²) in [5.41, 5.74) is 2.84. The first kappa shape index (κ1) is 21.1. The quantitative estimate of drug-likeness (QED) is 0.751. The minimum Gasteiger partial charge on any atom is -0.368 e. The zero-order chi connectivity index (χ0) is 22.1. The first-order valence-corrected chi connectivity index (χ1v) is 11.7. The SMILES string of the molecule is O=C(N[C@H]1CCN(C(=O)C2CCC2)[C@H]1Cc1cccc(-c2cccc(F)c2)c1)C1CCO1. The minimum absolute atomic E-state index is 0.0716. The Hall–Kier alpha value is -2.73. The lowest BCUT2D eigenvalue weighted by Crippen LogP contribution is -2.53. The van der Waals surface area contributed by atoms with E-state index in [9.17, 15) is 14.0 Å². The summed E-state index contributed by atoms with van der Waals surface area (Å²) in [5.74, 6) is 0.0133. The van der Waals surface area contributed by atoms with Crippen molar-refractivity contribution in [2.45, 2.75) is 56.7 Å². The van der Waals surface area contributed by atoms with Crippen molar-refractivity contribution >= 4 is 11.8 Å². The van der Waals surface area contributed by atoms with Crippen molar-refractivity contribution in [2.75, 3.05) is 13.2 Å². The van der Waals surface area contributed by atoms with Crippen LogP contribution in [0.5, 0.6) is 0 Å². The molecular weight excluding hydrogens is 407 g/mol. The number of nitrogens with zero attached hydrogens (tertiary/aromatic N) is 1. The third kappa shape index (κ3) is 4.29. The van der Waals surface area contributed by atoms with Gasteiger partial charge in [-0.25, -0.2) is 4.39 Å². The lowest BCUT2D eigenvalue weighted by atomic mass is 9.84. The van der Waals surface area contributed by atoms with Crippen LogP contribution >= 0.6 is 0 Å². The number of ether oxygens (including phenoxy) is 1. The Bertz CT molecular complexity index is 1000. The van der Waals surface area contributed by atoms with Gasteiger partial charge in [-0.3, -0.25) is 9.59 Å². The standard InChI is InChI=1S/C26H29FN2O3/c27-21-9-3-8-20(16-21)19-7-1-4-17(14-19)15-23-22(28-25(30)24-11-13-32-24)10-12-29(23)26(31)18-5-2-6-18/h1,3-4,7-9,14,16,18,22-24H,2,5-6,10-13,15H2,(H,28,30)/t22-,23-,24?/m0/s1. The van der Waals surface area contributed by atoms with Gasteiger partial charge >= 0.3 is 0 Å². The molecule has 2 aliphatic heterocycles. The fourth-order valence-corrected chi connectivity index (χ4v) is 4.94. The van der Waals surface area contributed by atoms with Crippen molar-refractivity contribution in [1.29, 1.82) is 0 Å². The molecule has 168 valence electrons. The molecule has 2 amide bonds. The summed E-state index contributed by atoms with van der Waals surface area (Å²) >= 11 is 0. The highest BCUT2D eigenvalue weighted by Gasteiger charge is 2.42. The van der Waals surface area contributed by atoms with Gasteiger partial charge in [0.25, 0.3) is 0 Å². The lowest BCUT2D eigenvalue weighted by Gasteiger charge is -2.35. The Morgan fingerprint density at radius 2 is 1.78 bits per heavy atom. The third-order valence-electron chi connectivity index (χ3n) is 7.13. The molecule has 0 spiro atoms. The number of hydrogen-bond acceptors (Lipinski definition) is 3. The Labute approximate surface area is 187 Å². The van der Waals surface area contributed by atoms with Crippen LogP contribution in [0.3, 0.4) is 0 Å². The Kier molecular flexibility index (Phi) is 5.96. The number of carbonyl (C=O) groups is 2. The van der Waals surface area contributed by atoms with E-state index in [1.165, 1.54) is 12.1 Å². The average Bonchev–Trinajstić information content (AvgIpc) is 3.07. The predicted molar refractivity (Wildman–Crippen MR) is 119 cm³/mol. The maximum atomic E-state index is 13.7. The molecule has 32 heavy (non-hydrogen) atoms. The maximum Gasteiger partial charge on any atom is 0.249 e. The van der Waals surface area contributed by atoms with Crippen LogP contribution in [0.1, 0.15) is 37.7 Å². The van der Waals surface area contributed by atoms with Gasteiger partial charge in [-0.15, -0.1) is 0 Å². The number of hydrogen-bond donors (Lipinski definition) is 1. The minimum atomic E-state index is -0.358. The lowest BCUT2D eigenvalue weighted by molar-refractivity contribution is -0.146. The second-order valence-electron chi connectivity index (χ2n) is 9.19. The fraction of sp³-hybridized carbons (Fsp3) is 0.462. The van der Waals surface area contributed by atoms with Gasteiger partial charge in [0.1, 0.15) is 11.9 Å². The summed E-state index contributed by atoms with van der Waals surface area (Å²) in [5, 5.41) is 3.16. The topological polar surface area (TPSA) is 58.6 Å². The molecule has 2 saturated heterocycles. The van der Waals surface area contributed by atoms with Gasteiger partial charge in [0.05, 0.1) is 18.7 Å². The Morgan fingerprint density at radius 3 is 2.44 bits per heavy atom. The number of nitrogens with one attached hydrogen (secondary N) is 1. The van der Waals surface area contributed by atoms with Crippen LogP contribution in [0.15, 0.2) is 48.5 Å². The smallest absolute Gasteiger partial charge is 0.249 e. The van der Waals surface area contributed by atoms with Gasteiger partial charge in [-0.1, -0.05) is 42.8 Å². The number of halogens is 1. The zero-order valence-corrected chi connectivity index (χ0v) is 18.1. The van der Waals surface area contributed by atoms with Crippen LogP contribution in [0, 0.1) is 11.7 Å². The molecule has 1 aliphatic carbocycles. The van der Waals surface area contributed by atoms with E-state index in [4.69, 9.17) is 4.74 Å². The molecule has 1 unspecified atom stereocenters. The Morgan fingerprint density at radius 1 is 1.03 bits per heavy atom. The summed E-state index contributed by atoms with van der Waals surface area (Å²) in [6.07, 6.45) is 4.84. The van der Waals surface area contributed by atoms with Crippen LogP contribution in [-0.2, 0) is 20.7 Å². The van der Waals surface area contributed by atoms with E-state index in [1.54, 1.807) is 6.07 Å². The predicted octanol–water partition coefficient (Wildman–Crippen LogP) is 3.71. The van der Waals surface area contributed by atoms with Crippen molar-refractivity contribution in [3.05, 3.63) is 59.9 Å². The molecule has 2 aromatic rings. The van der Waals surface area contributed by atoms with E-state index in [2.05, 4.69) is 11.4 Å². The van der Waals surface area contributed by atoms with E-state index in [0.717, 1.165) is 48.8 Å². The number of amides is 2. The number of benzene rings is 2. The molecule has 5 rings (SSSR count). The summed E-state index contributed by atoms with van der Waals surface area (Å²) in [6, 6.07) is 14.4. The molecule has 0 bridgehead atoms. The molecule has 6 heteroatoms. The molecule has 3 fully saturated rings. The normalized spacial score (nSPS) is 25.2. The molecule has 0 aromatic heterocycles. The molecule has 2 aromatic carbocycles. The highest BCUT2D eigenvalue weighted by atomic mass is 19.1. The second-order valence-corrected chi connectivity index (χ2v) is 9.19. The largest absolute Gasteiger partial charge is 0.368 e. The molecule has 2 heterocycles. The summed E-state index contributed by atoms with van der Waals surface area (Å²) in [4.78, 5) is 27.7. The van der Waals surface area contributed by atoms with E-state index in [1.807, 2.05) is 29.2 Å². The first-order valence-electron chi connectivity index (χ1n) is 11.7. The first-order chi connectivity index (χ1) is 15.6. The number of rotatable bonds is 6. The van der Waals surface area contributed by atoms with Gasteiger partial charge < -0.3 is 15.0 Å². The van der Waals surface area contributed by atoms with Gasteiger partial charge in [0.15, 0.2) is 0 Å². The molecule has 1 saturated carbocycles. The van der Waals surface area contributed by atoms with Crippen molar-refractivity contribution in [2.24, 2.45) is 5.92 Å². The number of likely N-dealkylation sites (tertiary alicyclic amines) is 1. The van der Waals surface area contributed by atoms with E-state index in [0.29, 0.717) is 19.6 Å². The highest BCUT2D eigenvalue weighted by molar-refractivity contribution is 5.83. The summed E-state index contributed by atoms with van der Waals surface area (Å²) in [7, 11) is 0. The summed E-state index contributed by atoms with van der Waals surface area (Å²) < 4.78 is 19.1. The van der Waals surface area contributed by atoms with E-state index < -0.39 is 0 Å². The van der Waals surface area contributed by atoms with Crippen molar-refractivity contribution < 1.29 is 18.7 Å².